The van der Waals surface area contributed by atoms with E-state index < -0.39 is 5.54 Å². The third-order valence-electron chi connectivity index (χ3n) is 4.36. The maximum Gasteiger partial charge on any atom is 0.240 e. The first-order valence-corrected chi connectivity index (χ1v) is 7.79. The van der Waals surface area contributed by atoms with Gasteiger partial charge in [0.1, 0.15) is 0 Å². The third kappa shape index (κ3) is 2.92. The number of halogens is 1. The van der Waals surface area contributed by atoms with E-state index in [1.807, 2.05) is 24.4 Å². The molecule has 1 heterocycles. The van der Waals surface area contributed by atoms with Crippen molar-refractivity contribution in [1.82, 2.24) is 10.3 Å². The normalized spacial score (nSPS) is 17.2. The third-order valence-corrected chi connectivity index (χ3v) is 4.59. The Morgan fingerprint density at radius 2 is 2.14 bits per heavy atom. The molecule has 0 atom stereocenters. The Balaban J connectivity index is 1.62. The molecular formula is C16H20ClN3O. The van der Waals surface area contributed by atoms with Gasteiger partial charge in [-0.2, -0.15) is 0 Å². The lowest BCUT2D eigenvalue weighted by Crippen LogP contribution is -2.52. The van der Waals surface area contributed by atoms with E-state index >= 15 is 0 Å². The number of hydrogen-bond acceptors (Lipinski definition) is 2. The van der Waals surface area contributed by atoms with E-state index in [1.54, 1.807) is 0 Å². The lowest BCUT2D eigenvalue weighted by molar-refractivity contribution is -0.126. The minimum Gasteiger partial charge on any atom is -0.361 e. The fraction of sp³-hybridized carbons (Fsp3) is 0.438. The van der Waals surface area contributed by atoms with E-state index in [-0.39, 0.29) is 5.91 Å². The molecule has 0 unspecified atom stereocenters. The maximum atomic E-state index is 12.1. The van der Waals surface area contributed by atoms with Gasteiger partial charge in [0, 0.05) is 28.7 Å². The van der Waals surface area contributed by atoms with Gasteiger partial charge < -0.3 is 16.0 Å². The molecule has 3 rings (SSSR count). The summed E-state index contributed by atoms with van der Waals surface area (Å²) in [6, 6.07) is 5.78. The molecule has 4 N–H and O–H groups in total. The molecular weight excluding hydrogens is 286 g/mol. The first-order chi connectivity index (χ1) is 10.1. The highest BCUT2D eigenvalue weighted by Gasteiger charge is 2.36. The molecule has 0 saturated heterocycles. The molecule has 2 aromatic rings. The number of H-pyrrole nitrogens is 1. The average molecular weight is 306 g/mol. The first kappa shape index (κ1) is 14.4. The van der Waals surface area contributed by atoms with Gasteiger partial charge in [-0.05, 0) is 43.0 Å². The van der Waals surface area contributed by atoms with Gasteiger partial charge in [-0.1, -0.05) is 24.4 Å². The number of nitrogens with two attached hydrogens (primary N) is 1. The number of hydrogen-bond donors (Lipinski definition) is 3. The smallest absolute Gasteiger partial charge is 0.240 e. The van der Waals surface area contributed by atoms with Gasteiger partial charge in [-0.15, -0.1) is 0 Å². The fourth-order valence-electron chi connectivity index (χ4n) is 3.08. The van der Waals surface area contributed by atoms with Gasteiger partial charge in [-0.3, -0.25) is 4.79 Å². The number of carbonyl (C=O) groups is 1. The van der Waals surface area contributed by atoms with Crippen molar-refractivity contribution in [2.24, 2.45) is 5.73 Å². The first-order valence-electron chi connectivity index (χ1n) is 7.41. The zero-order valence-electron chi connectivity index (χ0n) is 11.9. The Hall–Kier alpha value is -1.52. The molecule has 4 nitrogen and oxygen atoms in total. The summed E-state index contributed by atoms with van der Waals surface area (Å²) in [5.41, 5.74) is 7.71. The van der Waals surface area contributed by atoms with Crippen LogP contribution in [0.3, 0.4) is 0 Å². The topological polar surface area (TPSA) is 70.9 Å². The van der Waals surface area contributed by atoms with E-state index in [9.17, 15) is 4.79 Å². The average Bonchev–Trinajstić information content (AvgIpc) is 3.06. The van der Waals surface area contributed by atoms with Gasteiger partial charge in [0.25, 0.3) is 0 Å². The number of rotatable bonds is 4. The van der Waals surface area contributed by atoms with Crippen molar-refractivity contribution in [2.45, 2.75) is 37.6 Å². The summed E-state index contributed by atoms with van der Waals surface area (Å²) < 4.78 is 0. The van der Waals surface area contributed by atoms with Crippen molar-refractivity contribution < 1.29 is 4.79 Å². The summed E-state index contributed by atoms with van der Waals surface area (Å²) in [5.74, 6) is -0.0159. The lowest BCUT2D eigenvalue weighted by atomic mass is 9.98. The van der Waals surface area contributed by atoms with Crippen molar-refractivity contribution >= 4 is 28.4 Å². The highest BCUT2D eigenvalue weighted by Crippen LogP contribution is 2.27. The van der Waals surface area contributed by atoms with Gasteiger partial charge >= 0.3 is 0 Å². The fourth-order valence-corrected chi connectivity index (χ4v) is 3.25. The molecule has 1 saturated carbocycles. The van der Waals surface area contributed by atoms with Crippen molar-refractivity contribution in [2.75, 3.05) is 6.54 Å². The Bertz CT molecular complexity index is 659. The minimum atomic E-state index is -0.649. The number of aromatic nitrogens is 1. The zero-order valence-corrected chi connectivity index (χ0v) is 12.7. The molecule has 0 bridgehead atoms. The van der Waals surface area contributed by atoms with E-state index in [2.05, 4.69) is 10.3 Å². The number of carbonyl (C=O) groups excluding carboxylic acids is 1. The van der Waals surface area contributed by atoms with E-state index in [1.165, 1.54) is 0 Å². The molecule has 1 aliphatic carbocycles. The molecule has 1 amide bonds. The van der Waals surface area contributed by atoms with E-state index in [4.69, 9.17) is 17.3 Å². The molecule has 1 aromatic heterocycles. The van der Waals surface area contributed by atoms with Gasteiger partial charge in [-0.25, -0.2) is 0 Å². The van der Waals surface area contributed by atoms with Crippen LogP contribution in [0.25, 0.3) is 10.9 Å². The largest absolute Gasteiger partial charge is 0.361 e. The van der Waals surface area contributed by atoms with Crippen LogP contribution < -0.4 is 11.1 Å². The predicted octanol–water partition coefficient (Wildman–Crippen LogP) is 2.75. The minimum absolute atomic E-state index is 0.0159. The molecule has 0 aliphatic heterocycles. The molecule has 21 heavy (non-hydrogen) atoms. The zero-order chi connectivity index (χ0) is 14.9. The monoisotopic (exact) mass is 305 g/mol. The van der Waals surface area contributed by atoms with E-state index in [0.717, 1.165) is 53.6 Å². The van der Waals surface area contributed by atoms with Crippen LogP contribution >= 0.6 is 11.6 Å². The van der Waals surface area contributed by atoms with Gasteiger partial charge in [0.05, 0.1) is 5.54 Å². The second kappa shape index (κ2) is 5.70. The van der Waals surface area contributed by atoms with Crippen molar-refractivity contribution in [3.63, 3.8) is 0 Å². The predicted molar refractivity (Wildman–Crippen MR) is 85.4 cm³/mol. The Morgan fingerprint density at radius 3 is 2.90 bits per heavy atom. The number of nitrogens with one attached hydrogen (secondary N) is 2. The quantitative estimate of drug-likeness (QED) is 0.813. The van der Waals surface area contributed by atoms with Crippen molar-refractivity contribution in [3.05, 3.63) is 35.0 Å². The van der Waals surface area contributed by atoms with Crippen LogP contribution in [0.1, 0.15) is 31.2 Å². The van der Waals surface area contributed by atoms with Gasteiger partial charge in [0.15, 0.2) is 0 Å². The Kier molecular flexibility index (Phi) is 3.91. The SMILES string of the molecule is NC1(C(=O)NCCc2c[nH]c3ccc(Cl)cc23)CCCC1. The summed E-state index contributed by atoms with van der Waals surface area (Å²) >= 11 is 6.04. The summed E-state index contributed by atoms with van der Waals surface area (Å²) in [6.07, 6.45) is 6.42. The molecule has 5 heteroatoms. The summed E-state index contributed by atoms with van der Waals surface area (Å²) in [5, 5.41) is 4.80. The Labute approximate surface area is 129 Å². The van der Waals surface area contributed by atoms with Crippen LogP contribution in [0.2, 0.25) is 5.02 Å². The van der Waals surface area contributed by atoms with Crippen LogP contribution in [0.4, 0.5) is 0 Å². The highest BCUT2D eigenvalue weighted by molar-refractivity contribution is 6.31. The molecule has 1 fully saturated rings. The summed E-state index contributed by atoms with van der Waals surface area (Å²) in [7, 11) is 0. The summed E-state index contributed by atoms with van der Waals surface area (Å²) in [4.78, 5) is 15.4. The van der Waals surface area contributed by atoms with Crippen LogP contribution in [-0.2, 0) is 11.2 Å². The standard InChI is InChI=1S/C16H20ClN3O/c17-12-3-4-14-13(9-12)11(10-20-14)5-8-19-15(21)16(18)6-1-2-7-16/h3-4,9-10,20H,1-2,5-8,18H2,(H,19,21). The van der Waals surface area contributed by atoms with Crippen molar-refractivity contribution in [3.8, 4) is 0 Å². The van der Waals surface area contributed by atoms with Crippen LogP contribution in [0.15, 0.2) is 24.4 Å². The number of fused-ring (bicyclic) bond motifs is 1. The maximum absolute atomic E-state index is 12.1. The van der Waals surface area contributed by atoms with Crippen molar-refractivity contribution in [1.29, 1.82) is 0 Å². The number of amides is 1. The van der Waals surface area contributed by atoms with Crippen LogP contribution in [0.5, 0.6) is 0 Å². The second-order valence-corrected chi connectivity index (χ2v) is 6.31. The van der Waals surface area contributed by atoms with Gasteiger partial charge in [0.2, 0.25) is 5.91 Å². The molecule has 112 valence electrons. The van der Waals surface area contributed by atoms with Crippen LogP contribution in [0, 0.1) is 0 Å². The van der Waals surface area contributed by atoms with Crippen LogP contribution in [-0.4, -0.2) is 23.0 Å². The Morgan fingerprint density at radius 1 is 1.38 bits per heavy atom. The molecule has 0 radical (unpaired) electrons. The second-order valence-electron chi connectivity index (χ2n) is 5.87. The summed E-state index contributed by atoms with van der Waals surface area (Å²) in [6.45, 7) is 0.594. The molecule has 0 spiro atoms. The lowest BCUT2D eigenvalue weighted by Gasteiger charge is -2.22. The highest BCUT2D eigenvalue weighted by atomic mass is 35.5. The number of benzene rings is 1. The molecule has 1 aromatic carbocycles. The molecule has 1 aliphatic rings. The van der Waals surface area contributed by atoms with E-state index in [0.29, 0.717) is 6.54 Å². The number of aromatic amines is 1.